The van der Waals surface area contributed by atoms with Gasteiger partial charge in [0.15, 0.2) is 0 Å². The number of anilines is 1. The van der Waals surface area contributed by atoms with Crippen LogP contribution in [0.4, 0.5) is 5.82 Å². The summed E-state index contributed by atoms with van der Waals surface area (Å²) >= 11 is 1.71. The lowest BCUT2D eigenvalue weighted by Crippen LogP contribution is -2.35. The van der Waals surface area contributed by atoms with Gasteiger partial charge in [-0.05, 0) is 11.4 Å². The van der Waals surface area contributed by atoms with E-state index >= 15 is 0 Å². The standard InChI is InChI=1S/C14H17N3O2S/c1-18-7-14-6-17(4-10(14)5-19-8-14)13-12-11(2-3-20-12)15-9-16-13/h2-3,9-10H,4-8H2,1H3/t10-,14-/m0/s1. The highest BCUT2D eigenvalue weighted by atomic mass is 32.1. The summed E-state index contributed by atoms with van der Waals surface area (Å²) in [6.07, 6.45) is 1.66. The lowest BCUT2D eigenvalue weighted by molar-refractivity contribution is 0.0660. The van der Waals surface area contributed by atoms with E-state index < -0.39 is 0 Å². The minimum absolute atomic E-state index is 0.128. The van der Waals surface area contributed by atoms with E-state index in [2.05, 4.69) is 26.3 Å². The number of nitrogens with zero attached hydrogens (tertiary/aromatic N) is 3. The van der Waals surface area contributed by atoms with Crippen LogP contribution in [-0.4, -0.2) is 50.0 Å². The zero-order valence-electron chi connectivity index (χ0n) is 11.4. The number of hydrogen-bond donors (Lipinski definition) is 0. The van der Waals surface area contributed by atoms with Crippen molar-refractivity contribution in [2.75, 3.05) is 44.9 Å². The molecule has 5 nitrogen and oxygen atoms in total. The molecule has 0 radical (unpaired) electrons. The normalized spacial score (nSPS) is 29.2. The number of aromatic nitrogens is 2. The van der Waals surface area contributed by atoms with Crippen LogP contribution in [0.3, 0.4) is 0 Å². The molecule has 2 aromatic rings. The van der Waals surface area contributed by atoms with Crippen molar-refractivity contribution in [2.45, 2.75) is 0 Å². The molecule has 0 unspecified atom stereocenters. The number of rotatable bonds is 3. The topological polar surface area (TPSA) is 47.5 Å². The molecule has 4 rings (SSSR count). The smallest absolute Gasteiger partial charge is 0.150 e. The third-order valence-corrected chi connectivity index (χ3v) is 5.38. The Kier molecular flexibility index (Phi) is 2.90. The monoisotopic (exact) mass is 291 g/mol. The lowest BCUT2D eigenvalue weighted by atomic mass is 9.82. The van der Waals surface area contributed by atoms with Crippen LogP contribution in [0.25, 0.3) is 10.2 Å². The third-order valence-electron chi connectivity index (χ3n) is 4.48. The second-order valence-electron chi connectivity index (χ2n) is 5.72. The van der Waals surface area contributed by atoms with Crippen molar-refractivity contribution in [1.29, 1.82) is 0 Å². The second-order valence-corrected chi connectivity index (χ2v) is 6.64. The fourth-order valence-electron chi connectivity index (χ4n) is 3.49. The largest absolute Gasteiger partial charge is 0.384 e. The van der Waals surface area contributed by atoms with Crippen molar-refractivity contribution in [1.82, 2.24) is 9.97 Å². The molecule has 106 valence electrons. The summed E-state index contributed by atoms with van der Waals surface area (Å²) in [7, 11) is 1.77. The SMILES string of the molecule is COC[C@@]12COC[C@@H]1CN(c1ncnc3ccsc13)C2. The Morgan fingerprint density at radius 1 is 1.55 bits per heavy atom. The molecule has 2 aromatic heterocycles. The highest BCUT2D eigenvalue weighted by Crippen LogP contribution is 2.44. The molecule has 0 spiro atoms. The van der Waals surface area contributed by atoms with Gasteiger partial charge in [-0.15, -0.1) is 11.3 Å². The summed E-state index contributed by atoms with van der Waals surface area (Å²) in [5, 5.41) is 2.08. The van der Waals surface area contributed by atoms with Crippen molar-refractivity contribution in [3.63, 3.8) is 0 Å². The highest BCUT2D eigenvalue weighted by molar-refractivity contribution is 7.17. The lowest BCUT2D eigenvalue weighted by Gasteiger charge is -2.26. The van der Waals surface area contributed by atoms with E-state index in [0.717, 1.165) is 44.2 Å². The minimum atomic E-state index is 0.128. The Balaban J connectivity index is 1.69. The van der Waals surface area contributed by atoms with E-state index in [9.17, 15) is 0 Å². The summed E-state index contributed by atoms with van der Waals surface area (Å²) < 4.78 is 12.3. The Morgan fingerprint density at radius 3 is 3.40 bits per heavy atom. The van der Waals surface area contributed by atoms with E-state index in [1.54, 1.807) is 24.8 Å². The molecular formula is C14H17N3O2S. The van der Waals surface area contributed by atoms with Crippen molar-refractivity contribution in [3.05, 3.63) is 17.8 Å². The summed E-state index contributed by atoms with van der Waals surface area (Å²) in [6, 6.07) is 2.05. The number of ether oxygens (including phenoxy) is 2. The zero-order valence-corrected chi connectivity index (χ0v) is 12.2. The number of fused-ring (bicyclic) bond motifs is 2. The van der Waals surface area contributed by atoms with E-state index in [1.807, 2.05) is 0 Å². The zero-order chi connectivity index (χ0) is 13.6. The fourth-order valence-corrected chi connectivity index (χ4v) is 4.35. The molecule has 2 aliphatic rings. The average molecular weight is 291 g/mol. The average Bonchev–Trinajstić information content (AvgIpc) is 3.10. The van der Waals surface area contributed by atoms with Crippen LogP contribution in [0.5, 0.6) is 0 Å². The predicted molar refractivity (Wildman–Crippen MR) is 78.2 cm³/mol. The van der Waals surface area contributed by atoms with Gasteiger partial charge in [0, 0.05) is 31.5 Å². The van der Waals surface area contributed by atoms with Gasteiger partial charge >= 0.3 is 0 Å². The summed E-state index contributed by atoms with van der Waals surface area (Å²) in [5.74, 6) is 1.60. The van der Waals surface area contributed by atoms with Gasteiger partial charge in [0.05, 0.1) is 30.0 Å². The van der Waals surface area contributed by atoms with Gasteiger partial charge in [-0.25, -0.2) is 9.97 Å². The first kappa shape index (κ1) is 12.5. The molecule has 2 aliphatic heterocycles. The molecule has 2 saturated heterocycles. The molecule has 2 fully saturated rings. The van der Waals surface area contributed by atoms with E-state index in [4.69, 9.17) is 9.47 Å². The molecule has 20 heavy (non-hydrogen) atoms. The van der Waals surface area contributed by atoms with Crippen LogP contribution >= 0.6 is 11.3 Å². The Bertz CT molecular complexity index is 632. The Hall–Kier alpha value is -1.24. The molecule has 6 heteroatoms. The minimum Gasteiger partial charge on any atom is -0.384 e. The Labute approximate surface area is 121 Å². The molecule has 2 atom stereocenters. The number of hydrogen-bond acceptors (Lipinski definition) is 6. The van der Waals surface area contributed by atoms with Crippen molar-refractivity contribution in [2.24, 2.45) is 11.3 Å². The van der Waals surface area contributed by atoms with Gasteiger partial charge in [-0.3, -0.25) is 0 Å². The van der Waals surface area contributed by atoms with Crippen LogP contribution in [0.1, 0.15) is 0 Å². The maximum atomic E-state index is 5.69. The number of thiophene rings is 1. The molecule has 0 aliphatic carbocycles. The Morgan fingerprint density at radius 2 is 2.50 bits per heavy atom. The molecule has 0 bridgehead atoms. The van der Waals surface area contributed by atoms with Crippen molar-refractivity contribution >= 4 is 27.4 Å². The summed E-state index contributed by atoms with van der Waals surface area (Å²) in [5.41, 5.74) is 1.16. The van der Waals surface area contributed by atoms with E-state index in [0.29, 0.717) is 5.92 Å². The fraction of sp³-hybridized carbons (Fsp3) is 0.571. The van der Waals surface area contributed by atoms with Gasteiger partial charge in [-0.2, -0.15) is 0 Å². The first-order chi connectivity index (χ1) is 9.82. The molecule has 0 saturated carbocycles. The van der Waals surface area contributed by atoms with Crippen LogP contribution < -0.4 is 4.90 Å². The maximum Gasteiger partial charge on any atom is 0.150 e. The molecular weight excluding hydrogens is 274 g/mol. The highest BCUT2D eigenvalue weighted by Gasteiger charge is 2.51. The third kappa shape index (κ3) is 1.75. The first-order valence-corrected chi connectivity index (χ1v) is 7.70. The van der Waals surface area contributed by atoms with Crippen LogP contribution in [-0.2, 0) is 9.47 Å². The van der Waals surface area contributed by atoms with Gasteiger partial charge in [-0.1, -0.05) is 0 Å². The maximum absolute atomic E-state index is 5.69. The molecule has 4 heterocycles. The van der Waals surface area contributed by atoms with Crippen LogP contribution in [0.2, 0.25) is 0 Å². The van der Waals surface area contributed by atoms with Gasteiger partial charge in [0.25, 0.3) is 0 Å². The van der Waals surface area contributed by atoms with Gasteiger partial charge < -0.3 is 14.4 Å². The molecule has 0 aromatic carbocycles. The van der Waals surface area contributed by atoms with Gasteiger partial charge in [0.2, 0.25) is 0 Å². The molecule has 0 N–H and O–H groups in total. The summed E-state index contributed by atoms with van der Waals surface area (Å²) in [4.78, 5) is 11.2. The van der Waals surface area contributed by atoms with Crippen molar-refractivity contribution < 1.29 is 9.47 Å². The van der Waals surface area contributed by atoms with E-state index in [1.165, 1.54) is 4.70 Å². The quantitative estimate of drug-likeness (QED) is 0.863. The second kappa shape index (κ2) is 4.65. The van der Waals surface area contributed by atoms with Crippen LogP contribution in [0.15, 0.2) is 17.8 Å². The van der Waals surface area contributed by atoms with Gasteiger partial charge in [0.1, 0.15) is 12.1 Å². The summed E-state index contributed by atoms with van der Waals surface area (Å²) in [6.45, 7) is 4.33. The van der Waals surface area contributed by atoms with E-state index in [-0.39, 0.29) is 5.41 Å². The number of methoxy groups -OCH3 is 1. The molecule has 0 amide bonds. The van der Waals surface area contributed by atoms with Crippen molar-refractivity contribution in [3.8, 4) is 0 Å². The predicted octanol–water partition coefficient (Wildman–Crippen LogP) is 1.79. The van der Waals surface area contributed by atoms with Crippen LogP contribution in [0, 0.1) is 11.3 Å². The first-order valence-electron chi connectivity index (χ1n) is 6.82.